The van der Waals surface area contributed by atoms with Crippen molar-refractivity contribution in [2.24, 2.45) is 5.92 Å². The van der Waals surface area contributed by atoms with E-state index in [0.717, 1.165) is 13.0 Å². The van der Waals surface area contributed by atoms with E-state index in [9.17, 15) is 0 Å². The first-order valence-electron chi connectivity index (χ1n) is 7.75. The Morgan fingerprint density at radius 1 is 1.30 bits per heavy atom. The summed E-state index contributed by atoms with van der Waals surface area (Å²) in [5, 5.41) is 3.68. The van der Waals surface area contributed by atoms with Gasteiger partial charge in [0.1, 0.15) is 0 Å². The molecule has 1 aliphatic heterocycles. The average Bonchev–Trinajstić information content (AvgIpc) is 2.54. The summed E-state index contributed by atoms with van der Waals surface area (Å²) in [4.78, 5) is 0. The van der Waals surface area contributed by atoms with Crippen LogP contribution >= 0.6 is 0 Å². The zero-order valence-corrected chi connectivity index (χ0v) is 13.8. The minimum Gasteiger partial charge on any atom is -0.369 e. The van der Waals surface area contributed by atoms with Crippen LogP contribution in [0.1, 0.15) is 58.2 Å². The maximum Gasteiger partial charge on any atom is 0.0681 e. The van der Waals surface area contributed by atoms with Crippen LogP contribution in [-0.2, 0) is 4.74 Å². The Hall–Kier alpha value is -0.860. The van der Waals surface area contributed by atoms with Crippen molar-refractivity contribution in [1.29, 1.82) is 0 Å². The molecule has 1 heterocycles. The van der Waals surface area contributed by atoms with Crippen LogP contribution in [0.5, 0.6) is 0 Å². The molecule has 2 heteroatoms. The minimum absolute atomic E-state index is 0.0360. The van der Waals surface area contributed by atoms with Crippen molar-refractivity contribution >= 4 is 0 Å². The van der Waals surface area contributed by atoms with Gasteiger partial charge in [-0.05, 0) is 53.1 Å². The molecule has 0 saturated carbocycles. The van der Waals surface area contributed by atoms with E-state index in [1.807, 2.05) is 0 Å². The van der Waals surface area contributed by atoms with Crippen molar-refractivity contribution in [3.05, 3.63) is 35.4 Å². The van der Waals surface area contributed by atoms with Crippen molar-refractivity contribution in [1.82, 2.24) is 5.32 Å². The normalized spacial score (nSPS) is 25.6. The molecular formula is C18H29NO. The third-order valence-electron chi connectivity index (χ3n) is 4.37. The summed E-state index contributed by atoms with van der Waals surface area (Å²) in [7, 11) is 0. The molecule has 112 valence electrons. The molecule has 0 aliphatic carbocycles. The van der Waals surface area contributed by atoms with Gasteiger partial charge in [0.05, 0.1) is 11.2 Å². The average molecular weight is 275 g/mol. The number of rotatable bonds is 4. The summed E-state index contributed by atoms with van der Waals surface area (Å²) in [6.07, 6.45) is 1.09. The summed E-state index contributed by atoms with van der Waals surface area (Å²) in [5.74, 6) is 0.485. The lowest BCUT2D eigenvalue weighted by Crippen LogP contribution is -2.38. The highest BCUT2D eigenvalue weighted by atomic mass is 16.5. The van der Waals surface area contributed by atoms with Gasteiger partial charge in [-0.1, -0.05) is 36.8 Å². The molecule has 2 atom stereocenters. The van der Waals surface area contributed by atoms with Gasteiger partial charge in [0.15, 0.2) is 0 Å². The van der Waals surface area contributed by atoms with E-state index < -0.39 is 0 Å². The van der Waals surface area contributed by atoms with E-state index >= 15 is 0 Å². The molecule has 20 heavy (non-hydrogen) atoms. The Bertz CT molecular complexity index is 464. The highest BCUT2D eigenvalue weighted by Crippen LogP contribution is 2.47. The lowest BCUT2D eigenvalue weighted by molar-refractivity contribution is -0.0778. The van der Waals surface area contributed by atoms with Gasteiger partial charge < -0.3 is 10.1 Å². The highest BCUT2D eigenvalue weighted by molar-refractivity contribution is 5.27. The van der Waals surface area contributed by atoms with Crippen molar-refractivity contribution < 1.29 is 4.74 Å². The SMILES string of the molecule is CCNC(c1cccc(C)c1)C1CC(C)(C)OC1(C)C. The lowest BCUT2D eigenvalue weighted by atomic mass is 9.78. The Balaban J connectivity index is 2.34. The largest absolute Gasteiger partial charge is 0.369 e. The van der Waals surface area contributed by atoms with Crippen LogP contribution in [-0.4, -0.2) is 17.7 Å². The number of nitrogens with one attached hydrogen (secondary N) is 1. The predicted molar refractivity (Wildman–Crippen MR) is 84.9 cm³/mol. The maximum absolute atomic E-state index is 6.29. The molecule has 1 aliphatic rings. The van der Waals surface area contributed by atoms with Crippen LogP contribution in [0.15, 0.2) is 24.3 Å². The fourth-order valence-electron chi connectivity index (χ4n) is 3.70. The quantitative estimate of drug-likeness (QED) is 0.887. The van der Waals surface area contributed by atoms with Gasteiger partial charge in [0.25, 0.3) is 0 Å². The summed E-state index contributed by atoms with van der Waals surface area (Å²) in [5.41, 5.74) is 2.57. The van der Waals surface area contributed by atoms with E-state index in [1.165, 1.54) is 11.1 Å². The van der Waals surface area contributed by atoms with E-state index in [0.29, 0.717) is 12.0 Å². The molecule has 1 aromatic carbocycles. The van der Waals surface area contributed by atoms with Gasteiger partial charge in [0, 0.05) is 12.0 Å². The van der Waals surface area contributed by atoms with Crippen LogP contribution < -0.4 is 5.32 Å². The second-order valence-electron chi connectivity index (χ2n) is 7.23. The van der Waals surface area contributed by atoms with Crippen LogP contribution in [0.25, 0.3) is 0 Å². The number of hydrogen-bond donors (Lipinski definition) is 1. The first-order valence-corrected chi connectivity index (χ1v) is 7.75. The van der Waals surface area contributed by atoms with E-state index in [2.05, 4.69) is 71.1 Å². The standard InChI is InChI=1S/C18H29NO/c1-7-19-16(14-10-8-9-13(2)11-14)15-12-17(3,4)20-18(15,5)6/h8-11,15-16,19H,7,12H2,1-6H3. The van der Waals surface area contributed by atoms with Gasteiger partial charge in [-0.15, -0.1) is 0 Å². The van der Waals surface area contributed by atoms with Crippen LogP contribution in [0.3, 0.4) is 0 Å². The summed E-state index contributed by atoms with van der Waals surface area (Å²) in [6, 6.07) is 9.21. The molecule has 0 bridgehead atoms. The molecule has 2 rings (SSSR count). The van der Waals surface area contributed by atoms with E-state index in [-0.39, 0.29) is 11.2 Å². The van der Waals surface area contributed by atoms with Crippen molar-refractivity contribution in [2.75, 3.05) is 6.54 Å². The second-order valence-corrected chi connectivity index (χ2v) is 7.23. The Labute approximate surface area is 123 Å². The van der Waals surface area contributed by atoms with Gasteiger partial charge in [-0.3, -0.25) is 0 Å². The Morgan fingerprint density at radius 2 is 2.00 bits per heavy atom. The van der Waals surface area contributed by atoms with Gasteiger partial charge in [-0.2, -0.15) is 0 Å². The first kappa shape index (κ1) is 15.5. The van der Waals surface area contributed by atoms with E-state index in [4.69, 9.17) is 4.74 Å². The highest BCUT2D eigenvalue weighted by Gasteiger charge is 2.49. The smallest absolute Gasteiger partial charge is 0.0681 e. The summed E-state index contributed by atoms with van der Waals surface area (Å²) in [6.45, 7) is 14.2. The van der Waals surface area contributed by atoms with Crippen molar-refractivity contribution in [2.45, 2.75) is 65.2 Å². The molecule has 2 unspecified atom stereocenters. The Kier molecular flexibility index (Phi) is 4.27. The molecular weight excluding hydrogens is 246 g/mol. The number of benzene rings is 1. The fourth-order valence-corrected chi connectivity index (χ4v) is 3.70. The van der Waals surface area contributed by atoms with Crippen LogP contribution in [0, 0.1) is 12.8 Å². The van der Waals surface area contributed by atoms with Crippen LogP contribution in [0.2, 0.25) is 0 Å². The number of aryl methyl sites for hydroxylation is 1. The fraction of sp³-hybridized carbons (Fsp3) is 0.667. The minimum atomic E-state index is -0.0971. The van der Waals surface area contributed by atoms with Gasteiger partial charge in [-0.25, -0.2) is 0 Å². The molecule has 2 nitrogen and oxygen atoms in total. The number of hydrogen-bond acceptors (Lipinski definition) is 2. The molecule has 0 spiro atoms. The molecule has 0 amide bonds. The van der Waals surface area contributed by atoms with Crippen molar-refractivity contribution in [3.8, 4) is 0 Å². The Morgan fingerprint density at radius 3 is 2.50 bits per heavy atom. The first-order chi connectivity index (χ1) is 9.25. The predicted octanol–water partition coefficient (Wildman–Crippen LogP) is 4.24. The molecule has 1 saturated heterocycles. The summed E-state index contributed by atoms with van der Waals surface area (Å²) < 4.78 is 6.29. The third kappa shape index (κ3) is 3.24. The lowest BCUT2D eigenvalue weighted by Gasteiger charge is -2.34. The molecule has 0 aromatic heterocycles. The van der Waals surface area contributed by atoms with Crippen LogP contribution in [0.4, 0.5) is 0 Å². The monoisotopic (exact) mass is 275 g/mol. The molecule has 0 radical (unpaired) electrons. The van der Waals surface area contributed by atoms with Gasteiger partial charge in [0.2, 0.25) is 0 Å². The second kappa shape index (κ2) is 5.50. The molecule has 1 fully saturated rings. The summed E-state index contributed by atoms with van der Waals surface area (Å²) >= 11 is 0. The van der Waals surface area contributed by atoms with E-state index in [1.54, 1.807) is 0 Å². The third-order valence-corrected chi connectivity index (χ3v) is 4.37. The zero-order chi connectivity index (χ0) is 15.0. The van der Waals surface area contributed by atoms with Crippen molar-refractivity contribution in [3.63, 3.8) is 0 Å². The zero-order valence-electron chi connectivity index (χ0n) is 13.8. The molecule has 1 N–H and O–H groups in total. The molecule has 1 aromatic rings. The maximum atomic E-state index is 6.29. The number of ether oxygens (including phenoxy) is 1. The van der Waals surface area contributed by atoms with Gasteiger partial charge >= 0.3 is 0 Å². The topological polar surface area (TPSA) is 21.3 Å².